The summed E-state index contributed by atoms with van der Waals surface area (Å²) in [5, 5.41) is 10.7. The first-order valence-corrected chi connectivity index (χ1v) is 47.0. The van der Waals surface area contributed by atoms with Crippen molar-refractivity contribution in [3.05, 3.63) is 0 Å². The third-order valence-corrected chi connectivity index (χ3v) is 22.2. The summed E-state index contributed by atoms with van der Waals surface area (Å²) in [6, 6.07) is 0. The van der Waals surface area contributed by atoms with Crippen LogP contribution >= 0.6 is 15.6 Å². The van der Waals surface area contributed by atoms with Gasteiger partial charge in [0.15, 0.2) is 12.2 Å². The van der Waals surface area contributed by atoms with Crippen molar-refractivity contribution in [1.82, 2.24) is 0 Å². The van der Waals surface area contributed by atoms with E-state index >= 15 is 0 Å². The first kappa shape index (κ1) is 102. The number of ether oxygens (including phenoxy) is 4. The lowest BCUT2D eigenvalue weighted by Gasteiger charge is -2.21. The maximum atomic E-state index is 13.1. The SMILES string of the molecule is CCCCCCCCCCCCCCCCCCCCC(=O)OC[C@H](COP(=O)(O)OC[C@@H](O)COP(=O)(O)OC[C@@H](COC(=O)CCCCCCCCCCCCCCC)OC(=O)CCCCCCCCCCCCCCC(C)C)OC(=O)CCCCCCCCCCCCCCCCC(C)CC. The highest BCUT2D eigenvalue weighted by Crippen LogP contribution is 2.45. The Kier molecular flexibility index (Phi) is 75.0. The van der Waals surface area contributed by atoms with Crippen LogP contribution in [0.4, 0.5) is 0 Å². The molecule has 0 aliphatic heterocycles. The van der Waals surface area contributed by atoms with Crippen LogP contribution in [0.1, 0.15) is 452 Å². The number of aliphatic hydroxyl groups is 1. The fourth-order valence-corrected chi connectivity index (χ4v) is 14.8. The predicted molar refractivity (Wildman–Crippen MR) is 428 cm³/mol. The number of phosphoric acid groups is 2. The Hall–Kier alpha value is -1.94. The van der Waals surface area contributed by atoms with Crippen LogP contribution in [0.15, 0.2) is 0 Å². The first-order valence-electron chi connectivity index (χ1n) is 44.0. The standard InChI is InChI=1S/C85H166O17P2/c1-7-10-12-14-16-18-20-22-23-24-25-26-31-38-44-50-56-62-68-83(88)96-74-80(101-84(89)69-63-57-51-45-39-32-28-27-30-36-42-48-54-60-66-78(6)9-3)75-99-103(91,92)97-71-79(86)72-98-104(93,94)100-76-81(73-95-82(87)67-61-55-49-43-37-29-21-19-17-15-13-11-8-2)102-85(90)70-64-58-52-46-40-34-33-35-41-47-53-59-65-77(4)5/h77-81,86H,7-76H2,1-6H3,(H,91,92)(H,93,94)/t78?,79-,80-,81-/m1/s1. The van der Waals surface area contributed by atoms with Gasteiger partial charge in [-0.2, -0.15) is 0 Å². The Balaban J connectivity index is 5.27. The van der Waals surface area contributed by atoms with Gasteiger partial charge in [-0.25, -0.2) is 9.13 Å². The van der Waals surface area contributed by atoms with Crippen LogP contribution in [0.3, 0.4) is 0 Å². The predicted octanol–water partition coefficient (Wildman–Crippen LogP) is 25.8. The normalized spacial score (nSPS) is 14.1. The molecule has 0 rings (SSSR count). The van der Waals surface area contributed by atoms with Crippen molar-refractivity contribution in [2.75, 3.05) is 39.6 Å². The number of aliphatic hydroxyl groups excluding tert-OH is 1. The van der Waals surface area contributed by atoms with Crippen LogP contribution in [-0.2, 0) is 65.4 Å². The Bertz CT molecular complexity index is 2000. The van der Waals surface area contributed by atoms with Crippen molar-refractivity contribution in [3.8, 4) is 0 Å². The monoisotopic (exact) mass is 1520 g/mol. The van der Waals surface area contributed by atoms with E-state index in [1.165, 1.54) is 270 Å². The van der Waals surface area contributed by atoms with Crippen molar-refractivity contribution in [2.45, 2.75) is 471 Å². The molecule has 0 aromatic heterocycles. The summed E-state index contributed by atoms with van der Waals surface area (Å²) in [6.07, 6.45) is 67.8. The van der Waals surface area contributed by atoms with Gasteiger partial charge >= 0.3 is 39.5 Å². The number of unbranched alkanes of at least 4 members (excludes halogenated alkanes) is 53. The summed E-state index contributed by atoms with van der Waals surface area (Å²) in [7, 11) is -9.93. The Morgan fingerprint density at radius 1 is 0.279 bits per heavy atom. The van der Waals surface area contributed by atoms with Gasteiger partial charge < -0.3 is 33.8 Å². The lowest BCUT2D eigenvalue weighted by molar-refractivity contribution is -0.161. The molecule has 0 spiro atoms. The zero-order valence-electron chi connectivity index (χ0n) is 68.3. The second-order valence-corrected chi connectivity index (χ2v) is 34.2. The maximum Gasteiger partial charge on any atom is 0.472 e. The third-order valence-electron chi connectivity index (χ3n) is 20.3. The number of carbonyl (C=O) groups excluding carboxylic acids is 4. The van der Waals surface area contributed by atoms with Crippen LogP contribution < -0.4 is 0 Å². The van der Waals surface area contributed by atoms with Crippen molar-refractivity contribution < 1.29 is 80.2 Å². The number of hydrogen-bond donors (Lipinski definition) is 3. The average molecular weight is 1520 g/mol. The molecule has 3 unspecified atom stereocenters. The molecule has 6 atom stereocenters. The van der Waals surface area contributed by atoms with E-state index in [-0.39, 0.29) is 25.7 Å². The second-order valence-electron chi connectivity index (χ2n) is 31.3. The van der Waals surface area contributed by atoms with Crippen molar-refractivity contribution in [2.24, 2.45) is 11.8 Å². The van der Waals surface area contributed by atoms with E-state index in [4.69, 9.17) is 37.0 Å². The largest absolute Gasteiger partial charge is 0.472 e. The van der Waals surface area contributed by atoms with Crippen molar-refractivity contribution in [1.29, 1.82) is 0 Å². The van der Waals surface area contributed by atoms with E-state index in [0.717, 1.165) is 102 Å². The van der Waals surface area contributed by atoms with Gasteiger partial charge in [0.2, 0.25) is 0 Å². The van der Waals surface area contributed by atoms with Gasteiger partial charge in [0.1, 0.15) is 19.3 Å². The molecule has 618 valence electrons. The smallest absolute Gasteiger partial charge is 0.462 e. The summed E-state index contributed by atoms with van der Waals surface area (Å²) in [5.41, 5.74) is 0. The minimum absolute atomic E-state index is 0.108. The van der Waals surface area contributed by atoms with Gasteiger partial charge in [-0.3, -0.25) is 37.3 Å². The van der Waals surface area contributed by atoms with Gasteiger partial charge in [-0.1, -0.05) is 401 Å². The zero-order chi connectivity index (χ0) is 76.4. The molecular weight excluding hydrogens is 1350 g/mol. The Morgan fingerprint density at radius 3 is 0.731 bits per heavy atom. The molecule has 104 heavy (non-hydrogen) atoms. The third kappa shape index (κ3) is 76.8. The topological polar surface area (TPSA) is 237 Å². The molecular formula is C85H166O17P2. The molecule has 0 fully saturated rings. The minimum Gasteiger partial charge on any atom is -0.462 e. The quantitative estimate of drug-likeness (QED) is 0.0222. The van der Waals surface area contributed by atoms with Crippen molar-refractivity contribution >= 4 is 39.5 Å². The summed E-state index contributed by atoms with van der Waals surface area (Å²) in [4.78, 5) is 73.2. The molecule has 0 aromatic carbocycles. The number of phosphoric ester groups is 2. The van der Waals surface area contributed by atoms with E-state index < -0.39 is 97.5 Å². The van der Waals surface area contributed by atoms with Gasteiger partial charge in [0, 0.05) is 25.7 Å². The molecule has 0 aliphatic carbocycles. The highest BCUT2D eigenvalue weighted by Gasteiger charge is 2.30. The number of rotatable bonds is 84. The van der Waals surface area contributed by atoms with E-state index in [1.54, 1.807) is 0 Å². The molecule has 0 bridgehead atoms. The molecule has 0 saturated heterocycles. The highest BCUT2D eigenvalue weighted by atomic mass is 31.2. The number of esters is 4. The minimum atomic E-state index is -4.97. The van der Waals surface area contributed by atoms with Crippen LogP contribution in [0.25, 0.3) is 0 Å². The number of carbonyl (C=O) groups is 4. The molecule has 17 nitrogen and oxygen atoms in total. The van der Waals surface area contributed by atoms with E-state index in [0.29, 0.717) is 25.7 Å². The first-order chi connectivity index (χ1) is 50.4. The summed E-state index contributed by atoms with van der Waals surface area (Å²) < 4.78 is 68.9. The number of hydrogen-bond acceptors (Lipinski definition) is 15. The maximum absolute atomic E-state index is 13.1. The second kappa shape index (κ2) is 76.4. The molecule has 19 heteroatoms. The lowest BCUT2D eigenvalue weighted by Crippen LogP contribution is -2.30. The lowest BCUT2D eigenvalue weighted by atomic mass is 9.99. The van der Waals surface area contributed by atoms with Crippen LogP contribution in [0.5, 0.6) is 0 Å². The van der Waals surface area contributed by atoms with Gasteiger partial charge in [0.05, 0.1) is 26.4 Å². The molecule has 0 radical (unpaired) electrons. The van der Waals surface area contributed by atoms with E-state index in [2.05, 4.69) is 41.5 Å². The summed E-state index contributed by atoms with van der Waals surface area (Å²) in [5.74, 6) is -0.478. The average Bonchev–Trinajstić information content (AvgIpc) is 0.906. The Labute approximate surface area is 638 Å². The zero-order valence-corrected chi connectivity index (χ0v) is 70.1. The molecule has 0 aliphatic rings. The summed E-state index contributed by atoms with van der Waals surface area (Å²) in [6.45, 7) is 9.74. The summed E-state index contributed by atoms with van der Waals surface area (Å²) >= 11 is 0. The fraction of sp³-hybridized carbons (Fsp3) is 0.953. The Morgan fingerprint density at radius 2 is 0.490 bits per heavy atom. The van der Waals surface area contributed by atoms with Gasteiger partial charge in [-0.05, 0) is 37.5 Å². The van der Waals surface area contributed by atoms with Crippen LogP contribution in [-0.4, -0.2) is 96.7 Å². The van der Waals surface area contributed by atoms with Gasteiger partial charge in [-0.15, -0.1) is 0 Å². The van der Waals surface area contributed by atoms with Crippen LogP contribution in [0, 0.1) is 11.8 Å². The molecule has 0 aromatic rings. The van der Waals surface area contributed by atoms with Crippen molar-refractivity contribution in [3.63, 3.8) is 0 Å². The molecule has 0 saturated carbocycles. The fourth-order valence-electron chi connectivity index (χ4n) is 13.2. The molecule has 3 N–H and O–H groups in total. The molecule has 0 amide bonds. The van der Waals surface area contributed by atoms with Gasteiger partial charge in [0.25, 0.3) is 0 Å². The van der Waals surface area contributed by atoms with Crippen LogP contribution in [0.2, 0.25) is 0 Å². The van der Waals surface area contributed by atoms with E-state index in [9.17, 15) is 43.2 Å². The highest BCUT2D eigenvalue weighted by molar-refractivity contribution is 7.47. The molecule has 0 heterocycles. The van der Waals surface area contributed by atoms with E-state index in [1.807, 2.05) is 0 Å².